The lowest BCUT2D eigenvalue weighted by Gasteiger charge is -2.16. The van der Waals surface area contributed by atoms with Crippen LogP contribution in [0.1, 0.15) is 24.3 Å². The van der Waals surface area contributed by atoms with Gasteiger partial charge in [0.25, 0.3) is 0 Å². The molecule has 1 amide bonds. The summed E-state index contributed by atoms with van der Waals surface area (Å²) >= 11 is 0. The van der Waals surface area contributed by atoms with Gasteiger partial charge in [-0.3, -0.25) is 4.79 Å². The summed E-state index contributed by atoms with van der Waals surface area (Å²) < 4.78 is 5.45. The molecule has 4 aromatic rings. The van der Waals surface area contributed by atoms with Crippen molar-refractivity contribution >= 4 is 5.91 Å². The van der Waals surface area contributed by atoms with Crippen LogP contribution in [0.5, 0.6) is 0 Å². The highest BCUT2D eigenvalue weighted by Crippen LogP contribution is 2.20. The Morgan fingerprint density at radius 1 is 0.935 bits per heavy atom. The SMILES string of the molecule is CN(CCCc1cc(-c2ccccc2)no1)C(=O)CCc1ccc(-c2ccccc2)[nH]1. The topological polar surface area (TPSA) is 62.1 Å². The molecule has 0 unspecified atom stereocenters. The highest BCUT2D eigenvalue weighted by Gasteiger charge is 2.11. The minimum atomic E-state index is 0.151. The number of carbonyl (C=O) groups is 1. The van der Waals surface area contributed by atoms with Crippen LogP contribution in [0.3, 0.4) is 0 Å². The van der Waals surface area contributed by atoms with E-state index in [9.17, 15) is 4.79 Å². The van der Waals surface area contributed by atoms with Crippen molar-refractivity contribution in [2.24, 2.45) is 0 Å². The maximum atomic E-state index is 12.5. The van der Waals surface area contributed by atoms with Crippen molar-refractivity contribution in [1.29, 1.82) is 0 Å². The summed E-state index contributed by atoms with van der Waals surface area (Å²) in [6.45, 7) is 0.695. The number of carbonyl (C=O) groups excluding carboxylic acids is 1. The van der Waals surface area contributed by atoms with E-state index in [2.05, 4.69) is 34.4 Å². The van der Waals surface area contributed by atoms with Crippen LogP contribution in [0.15, 0.2) is 83.4 Å². The molecule has 0 aliphatic carbocycles. The van der Waals surface area contributed by atoms with E-state index in [1.54, 1.807) is 4.90 Å². The number of hydrogen-bond acceptors (Lipinski definition) is 3. The highest BCUT2D eigenvalue weighted by atomic mass is 16.5. The molecule has 5 nitrogen and oxygen atoms in total. The van der Waals surface area contributed by atoms with E-state index in [1.807, 2.05) is 61.6 Å². The zero-order valence-electron chi connectivity index (χ0n) is 17.8. The first-order valence-electron chi connectivity index (χ1n) is 10.7. The minimum absolute atomic E-state index is 0.151. The molecule has 5 heteroatoms. The number of rotatable bonds is 9. The summed E-state index contributed by atoms with van der Waals surface area (Å²) in [5.41, 5.74) is 5.21. The van der Waals surface area contributed by atoms with Crippen molar-refractivity contribution in [3.05, 3.63) is 90.3 Å². The first-order valence-corrected chi connectivity index (χ1v) is 10.7. The number of benzene rings is 2. The zero-order valence-corrected chi connectivity index (χ0v) is 17.8. The van der Waals surface area contributed by atoms with E-state index in [-0.39, 0.29) is 5.91 Å². The molecule has 0 saturated heterocycles. The monoisotopic (exact) mass is 413 g/mol. The third-order valence-corrected chi connectivity index (χ3v) is 5.41. The number of amides is 1. The van der Waals surface area contributed by atoms with E-state index in [1.165, 1.54) is 0 Å². The molecule has 1 N–H and O–H groups in total. The second-order valence-electron chi connectivity index (χ2n) is 7.73. The molecule has 0 aliphatic rings. The smallest absolute Gasteiger partial charge is 0.222 e. The van der Waals surface area contributed by atoms with Gasteiger partial charge in [-0.2, -0.15) is 0 Å². The fourth-order valence-electron chi connectivity index (χ4n) is 3.60. The Morgan fingerprint density at radius 2 is 1.65 bits per heavy atom. The molecule has 158 valence electrons. The lowest BCUT2D eigenvalue weighted by molar-refractivity contribution is -0.129. The Kier molecular flexibility index (Phi) is 6.62. The van der Waals surface area contributed by atoms with Gasteiger partial charge in [0.05, 0.1) is 0 Å². The molecule has 0 saturated carbocycles. The summed E-state index contributed by atoms with van der Waals surface area (Å²) in [6, 6.07) is 26.3. The van der Waals surface area contributed by atoms with Crippen LogP contribution in [0.2, 0.25) is 0 Å². The molecule has 4 rings (SSSR count). The molecular weight excluding hydrogens is 386 g/mol. The fourth-order valence-corrected chi connectivity index (χ4v) is 3.60. The number of aryl methyl sites for hydroxylation is 2. The van der Waals surface area contributed by atoms with Crippen molar-refractivity contribution in [3.8, 4) is 22.5 Å². The van der Waals surface area contributed by atoms with Gasteiger partial charge in [0, 0.05) is 49.5 Å². The number of nitrogens with one attached hydrogen (secondary N) is 1. The summed E-state index contributed by atoms with van der Waals surface area (Å²) in [4.78, 5) is 17.7. The maximum absolute atomic E-state index is 12.5. The van der Waals surface area contributed by atoms with Crippen molar-refractivity contribution in [1.82, 2.24) is 15.0 Å². The molecule has 0 spiro atoms. The van der Waals surface area contributed by atoms with Crippen LogP contribution < -0.4 is 0 Å². The number of hydrogen-bond donors (Lipinski definition) is 1. The Balaban J connectivity index is 1.21. The van der Waals surface area contributed by atoms with Gasteiger partial charge >= 0.3 is 0 Å². The molecule has 2 aromatic heterocycles. The number of aromatic amines is 1. The average Bonchev–Trinajstić information content (AvgIpc) is 3.48. The van der Waals surface area contributed by atoms with E-state index < -0.39 is 0 Å². The third-order valence-electron chi connectivity index (χ3n) is 5.41. The normalized spacial score (nSPS) is 10.9. The molecule has 0 atom stereocenters. The largest absolute Gasteiger partial charge is 0.361 e. The summed E-state index contributed by atoms with van der Waals surface area (Å²) in [7, 11) is 1.86. The van der Waals surface area contributed by atoms with E-state index in [4.69, 9.17) is 4.52 Å². The lowest BCUT2D eigenvalue weighted by atomic mass is 10.1. The van der Waals surface area contributed by atoms with Crippen LogP contribution in [0.25, 0.3) is 22.5 Å². The predicted molar refractivity (Wildman–Crippen MR) is 122 cm³/mol. The van der Waals surface area contributed by atoms with Gasteiger partial charge in [-0.15, -0.1) is 0 Å². The standard InChI is InChI=1S/C26H27N3O2/c1-29(18-8-13-23-19-25(28-31-23)21-11-6-3-7-12-21)26(30)17-15-22-14-16-24(27-22)20-9-4-2-5-10-20/h2-7,9-12,14,16,19,27H,8,13,15,17-18H2,1H3. The summed E-state index contributed by atoms with van der Waals surface area (Å²) in [5.74, 6) is 0.998. The van der Waals surface area contributed by atoms with Crippen LogP contribution >= 0.6 is 0 Å². The van der Waals surface area contributed by atoms with Crippen LogP contribution in [-0.2, 0) is 17.6 Å². The molecule has 0 fully saturated rings. The van der Waals surface area contributed by atoms with Gasteiger partial charge in [-0.05, 0) is 30.5 Å². The molecule has 31 heavy (non-hydrogen) atoms. The number of aromatic nitrogens is 2. The first-order chi connectivity index (χ1) is 15.2. The first kappa shape index (κ1) is 20.7. The second-order valence-corrected chi connectivity index (χ2v) is 7.73. The Morgan fingerprint density at radius 3 is 2.39 bits per heavy atom. The Bertz CT molecular complexity index is 1100. The van der Waals surface area contributed by atoms with Gasteiger partial charge < -0.3 is 14.4 Å². The van der Waals surface area contributed by atoms with Gasteiger partial charge in [0.2, 0.25) is 5.91 Å². The quantitative estimate of drug-likeness (QED) is 0.402. The Hall–Kier alpha value is -3.60. The fraction of sp³-hybridized carbons (Fsp3) is 0.231. The van der Waals surface area contributed by atoms with Crippen molar-refractivity contribution < 1.29 is 9.32 Å². The molecular formula is C26H27N3O2. The maximum Gasteiger partial charge on any atom is 0.222 e. The zero-order chi connectivity index (χ0) is 21.5. The van der Waals surface area contributed by atoms with E-state index in [0.717, 1.165) is 46.8 Å². The van der Waals surface area contributed by atoms with Gasteiger partial charge in [-0.1, -0.05) is 65.8 Å². The summed E-state index contributed by atoms with van der Waals surface area (Å²) in [5, 5.41) is 4.15. The molecule has 0 bridgehead atoms. The van der Waals surface area contributed by atoms with Crippen molar-refractivity contribution in [2.45, 2.75) is 25.7 Å². The van der Waals surface area contributed by atoms with Gasteiger partial charge in [0.1, 0.15) is 11.5 Å². The van der Waals surface area contributed by atoms with Gasteiger partial charge in [-0.25, -0.2) is 0 Å². The highest BCUT2D eigenvalue weighted by molar-refractivity contribution is 5.76. The number of nitrogens with zero attached hydrogens (tertiary/aromatic N) is 2. The number of H-pyrrole nitrogens is 1. The summed E-state index contributed by atoms with van der Waals surface area (Å²) in [6.07, 6.45) is 2.80. The van der Waals surface area contributed by atoms with Gasteiger partial charge in [0.15, 0.2) is 0 Å². The second kappa shape index (κ2) is 9.94. The van der Waals surface area contributed by atoms with Crippen molar-refractivity contribution in [3.63, 3.8) is 0 Å². The third kappa shape index (κ3) is 5.51. The van der Waals surface area contributed by atoms with E-state index in [0.29, 0.717) is 19.4 Å². The minimum Gasteiger partial charge on any atom is -0.361 e. The van der Waals surface area contributed by atoms with E-state index >= 15 is 0 Å². The molecule has 0 radical (unpaired) electrons. The molecule has 2 aromatic carbocycles. The lowest BCUT2D eigenvalue weighted by Crippen LogP contribution is -2.28. The van der Waals surface area contributed by atoms with Crippen LogP contribution in [0, 0.1) is 0 Å². The molecule has 0 aliphatic heterocycles. The van der Waals surface area contributed by atoms with Crippen molar-refractivity contribution in [2.75, 3.05) is 13.6 Å². The molecule has 2 heterocycles. The average molecular weight is 414 g/mol. The Labute approximate surface area is 182 Å². The predicted octanol–water partition coefficient (Wildman–Crippen LogP) is 5.36. The van der Waals surface area contributed by atoms with Crippen LogP contribution in [0.4, 0.5) is 0 Å². The van der Waals surface area contributed by atoms with Crippen LogP contribution in [-0.4, -0.2) is 34.5 Å².